The van der Waals surface area contributed by atoms with Gasteiger partial charge in [0, 0.05) is 24.6 Å². The lowest BCUT2D eigenvalue weighted by molar-refractivity contribution is 0.594. The van der Waals surface area contributed by atoms with Crippen LogP contribution < -0.4 is 0 Å². The van der Waals surface area contributed by atoms with E-state index in [9.17, 15) is 16.8 Å². The Morgan fingerprint density at radius 1 is 0.708 bits per heavy atom. The van der Waals surface area contributed by atoms with Crippen LogP contribution in [0.15, 0.2) is 32.2 Å². The van der Waals surface area contributed by atoms with Gasteiger partial charge in [-0.05, 0) is 35.4 Å². The van der Waals surface area contributed by atoms with Gasteiger partial charge in [-0.1, -0.05) is 0 Å². The quantitative estimate of drug-likeness (QED) is 0.533. The van der Waals surface area contributed by atoms with E-state index in [1.54, 1.807) is 13.8 Å². The fourth-order valence-corrected chi connectivity index (χ4v) is 4.83. The van der Waals surface area contributed by atoms with E-state index in [-0.39, 0.29) is 10.1 Å². The van der Waals surface area contributed by atoms with Gasteiger partial charge >= 0.3 is 0 Å². The van der Waals surface area contributed by atoms with Gasteiger partial charge in [0.1, 0.15) is 21.7 Å². The Morgan fingerprint density at radius 2 is 1.04 bits per heavy atom. The van der Waals surface area contributed by atoms with E-state index >= 15 is 0 Å². The van der Waals surface area contributed by atoms with Crippen molar-refractivity contribution in [2.75, 3.05) is 12.5 Å². The van der Waals surface area contributed by atoms with E-state index in [0.29, 0.717) is 21.7 Å². The first-order chi connectivity index (χ1) is 10.9. The predicted octanol–water partition coefficient (Wildman–Crippen LogP) is 1.49. The SMILES string of the molecule is Cc1nc(SSc2cc(S(C)(=O)=O)nc(C)n2)cc(S(C)(=O)=O)n1. The van der Waals surface area contributed by atoms with Crippen molar-refractivity contribution >= 4 is 41.3 Å². The summed E-state index contributed by atoms with van der Waals surface area (Å²) in [6.45, 7) is 3.19. The summed E-state index contributed by atoms with van der Waals surface area (Å²) in [7, 11) is -4.56. The maximum Gasteiger partial charge on any atom is 0.192 e. The smallest absolute Gasteiger partial charge is 0.192 e. The molecule has 130 valence electrons. The lowest BCUT2D eigenvalue weighted by atomic mass is 10.6. The second-order valence-corrected chi connectivity index (χ2v) is 11.0. The number of hydrogen-bond donors (Lipinski definition) is 0. The lowest BCUT2D eigenvalue weighted by Gasteiger charge is -2.05. The van der Waals surface area contributed by atoms with Crippen molar-refractivity contribution in [1.82, 2.24) is 19.9 Å². The number of hydrogen-bond acceptors (Lipinski definition) is 10. The molecule has 0 saturated heterocycles. The Labute approximate surface area is 148 Å². The molecule has 0 amide bonds. The zero-order chi connectivity index (χ0) is 18.1. The summed E-state index contributed by atoms with van der Waals surface area (Å²) in [4.78, 5) is 16.1. The number of aryl methyl sites for hydroxylation is 2. The third-order valence-corrected chi connectivity index (χ3v) is 6.61. The minimum atomic E-state index is -3.44. The van der Waals surface area contributed by atoms with Crippen molar-refractivity contribution in [1.29, 1.82) is 0 Å². The number of rotatable bonds is 5. The molecule has 0 atom stereocenters. The average molecular weight is 407 g/mol. The highest BCUT2D eigenvalue weighted by atomic mass is 33.1. The van der Waals surface area contributed by atoms with Gasteiger partial charge in [-0.2, -0.15) is 0 Å². The van der Waals surface area contributed by atoms with E-state index < -0.39 is 19.7 Å². The first-order valence-corrected chi connectivity index (χ1v) is 12.3. The van der Waals surface area contributed by atoms with Crippen LogP contribution >= 0.6 is 21.6 Å². The topological polar surface area (TPSA) is 120 Å². The molecule has 0 radical (unpaired) electrons. The summed E-state index contributed by atoms with van der Waals surface area (Å²) in [5.74, 6) is 0.661. The Balaban J connectivity index is 2.29. The van der Waals surface area contributed by atoms with Gasteiger partial charge in [0.15, 0.2) is 29.7 Å². The third-order valence-electron chi connectivity index (χ3n) is 2.55. The van der Waals surface area contributed by atoms with Crippen LogP contribution in [0.3, 0.4) is 0 Å². The van der Waals surface area contributed by atoms with Crippen LogP contribution in [0.4, 0.5) is 0 Å². The first kappa shape index (κ1) is 19.1. The minimum absolute atomic E-state index is 0.0613. The maximum atomic E-state index is 11.6. The molecule has 8 nitrogen and oxygen atoms in total. The van der Waals surface area contributed by atoms with Gasteiger partial charge in [0.2, 0.25) is 0 Å². The Morgan fingerprint density at radius 3 is 1.33 bits per heavy atom. The van der Waals surface area contributed by atoms with Crippen LogP contribution in [0, 0.1) is 13.8 Å². The molecule has 0 aromatic carbocycles. The molecular weight excluding hydrogens is 392 g/mol. The van der Waals surface area contributed by atoms with Crippen LogP contribution in [-0.2, 0) is 19.7 Å². The largest absolute Gasteiger partial charge is 0.226 e. The summed E-state index contributed by atoms with van der Waals surface area (Å²) in [6.07, 6.45) is 2.14. The lowest BCUT2D eigenvalue weighted by Crippen LogP contribution is -2.04. The highest BCUT2D eigenvalue weighted by molar-refractivity contribution is 8.76. The van der Waals surface area contributed by atoms with Gasteiger partial charge in [-0.25, -0.2) is 36.8 Å². The summed E-state index contributed by atoms with van der Waals surface area (Å²) < 4.78 is 46.5. The molecule has 0 aliphatic heterocycles. The Kier molecular flexibility index (Phi) is 5.52. The van der Waals surface area contributed by atoms with E-state index in [2.05, 4.69) is 19.9 Å². The van der Waals surface area contributed by atoms with Crippen molar-refractivity contribution in [3.05, 3.63) is 23.8 Å². The molecule has 0 unspecified atom stereocenters. The zero-order valence-corrected chi connectivity index (χ0v) is 16.5. The molecule has 0 spiro atoms. The molecule has 12 heteroatoms. The number of aromatic nitrogens is 4. The molecule has 0 bridgehead atoms. The maximum absolute atomic E-state index is 11.6. The summed E-state index contributed by atoms with van der Waals surface area (Å²) in [5.41, 5.74) is 0. The standard InChI is InChI=1S/C12H14N4O4S4/c1-7-13-9(5-11(15-7)23(3,17)18)21-22-10-6-12(24(4,19)20)16-8(2)14-10/h5-6H,1-4H3. The van der Waals surface area contributed by atoms with Gasteiger partial charge < -0.3 is 0 Å². The van der Waals surface area contributed by atoms with Crippen molar-refractivity contribution in [3.63, 3.8) is 0 Å². The second kappa shape index (κ2) is 6.94. The van der Waals surface area contributed by atoms with Crippen molar-refractivity contribution in [2.45, 2.75) is 34.0 Å². The van der Waals surface area contributed by atoms with Gasteiger partial charge in [0.05, 0.1) is 0 Å². The van der Waals surface area contributed by atoms with Crippen LogP contribution in [0.25, 0.3) is 0 Å². The normalized spacial score (nSPS) is 12.3. The Hall–Kier alpha value is -1.24. The average Bonchev–Trinajstić information content (AvgIpc) is 2.42. The molecule has 0 N–H and O–H groups in total. The zero-order valence-electron chi connectivity index (χ0n) is 13.2. The minimum Gasteiger partial charge on any atom is -0.226 e. The second-order valence-electron chi connectivity index (χ2n) is 4.89. The first-order valence-electron chi connectivity index (χ1n) is 6.41. The molecule has 2 heterocycles. The molecular formula is C12H14N4O4S4. The van der Waals surface area contributed by atoms with Crippen molar-refractivity contribution < 1.29 is 16.8 Å². The molecule has 2 rings (SSSR count). The highest BCUT2D eigenvalue weighted by Crippen LogP contribution is 2.36. The molecule has 0 aliphatic carbocycles. The van der Waals surface area contributed by atoms with E-state index in [0.717, 1.165) is 34.1 Å². The van der Waals surface area contributed by atoms with E-state index in [4.69, 9.17) is 0 Å². The van der Waals surface area contributed by atoms with Crippen LogP contribution in [-0.4, -0.2) is 49.3 Å². The summed E-state index contributed by atoms with van der Waals surface area (Å²) >= 11 is 0. The van der Waals surface area contributed by atoms with Crippen molar-refractivity contribution in [2.24, 2.45) is 0 Å². The van der Waals surface area contributed by atoms with Gasteiger partial charge in [0.25, 0.3) is 0 Å². The monoisotopic (exact) mass is 406 g/mol. The van der Waals surface area contributed by atoms with Crippen LogP contribution in [0.5, 0.6) is 0 Å². The number of nitrogens with zero attached hydrogens (tertiary/aromatic N) is 4. The fourth-order valence-electron chi connectivity index (χ4n) is 1.58. The Bertz CT molecular complexity index is 909. The number of sulfone groups is 2. The third kappa shape index (κ3) is 5.13. The van der Waals surface area contributed by atoms with Gasteiger partial charge in [-0.15, -0.1) is 0 Å². The summed E-state index contributed by atoms with van der Waals surface area (Å²) in [6, 6.07) is 2.73. The molecule has 2 aromatic rings. The molecule has 2 aromatic heterocycles. The molecule has 24 heavy (non-hydrogen) atoms. The van der Waals surface area contributed by atoms with Gasteiger partial charge in [-0.3, -0.25) is 0 Å². The van der Waals surface area contributed by atoms with E-state index in [1.165, 1.54) is 12.1 Å². The highest BCUT2D eigenvalue weighted by Gasteiger charge is 2.15. The van der Waals surface area contributed by atoms with E-state index in [1.807, 2.05) is 0 Å². The molecule has 0 saturated carbocycles. The molecule has 0 aliphatic rings. The molecule has 0 fully saturated rings. The van der Waals surface area contributed by atoms with Crippen LogP contribution in [0.1, 0.15) is 11.6 Å². The van der Waals surface area contributed by atoms with Crippen LogP contribution in [0.2, 0.25) is 0 Å². The van der Waals surface area contributed by atoms with Crippen molar-refractivity contribution in [3.8, 4) is 0 Å². The summed E-state index contributed by atoms with van der Waals surface area (Å²) in [5, 5.41) is 0.748. The predicted molar refractivity (Wildman–Crippen MR) is 91.5 cm³/mol. The fraction of sp³-hybridized carbons (Fsp3) is 0.333.